The van der Waals surface area contributed by atoms with E-state index in [1.807, 2.05) is 42.9 Å². The zero-order valence-electron chi connectivity index (χ0n) is 18.7. The molecule has 0 saturated heterocycles. The van der Waals surface area contributed by atoms with Gasteiger partial charge in [0, 0.05) is 49.0 Å². The summed E-state index contributed by atoms with van der Waals surface area (Å²) < 4.78 is 6.39. The Hall–Kier alpha value is -4.16. The van der Waals surface area contributed by atoms with Crippen molar-refractivity contribution in [3.63, 3.8) is 0 Å². The summed E-state index contributed by atoms with van der Waals surface area (Å²) in [5.41, 5.74) is 7.66. The van der Waals surface area contributed by atoms with E-state index in [0.29, 0.717) is 0 Å². The van der Waals surface area contributed by atoms with Crippen LogP contribution in [0, 0.1) is 0 Å². The lowest BCUT2D eigenvalue weighted by atomic mass is 10.0. The number of ether oxygens (including phenoxy) is 1. The molecule has 0 atom stereocenters. The fourth-order valence-electron chi connectivity index (χ4n) is 4.47. The molecule has 6 heteroatoms. The Morgan fingerprint density at radius 2 is 1.91 bits per heavy atom. The number of hydrogen-bond acceptors (Lipinski definition) is 5. The first kappa shape index (κ1) is 20.4. The predicted molar refractivity (Wildman–Crippen MR) is 135 cm³/mol. The van der Waals surface area contributed by atoms with Gasteiger partial charge in [-0.3, -0.25) is 4.98 Å². The first-order valence-corrected chi connectivity index (χ1v) is 11.5. The lowest BCUT2D eigenvalue weighted by molar-refractivity contribution is 0.485. The molecular formula is C28H25N5O. The van der Waals surface area contributed by atoms with Gasteiger partial charge in [0.25, 0.3) is 0 Å². The van der Waals surface area contributed by atoms with E-state index in [4.69, 9.17) is 4.74 Å². The molecule has 168 valence electrons. The molecule has 0 aliphatic carbocycles. The Balaban J connectivity index is 1.31. The number of aromatic nitrogens is 3. The van der Waals surface area contributed by atoms with Crippen molar-refractivity contribution in [2.45, 2.75) is 19.5 Å². The molecule has 3 aromatic heterocycles. The van der Waals surface area contributed by atoms with Crippen molar-refractivity contribution in [3.8, 4) is 22.6 Å². The Morgan fingerprint density at radius 3 is 2.85 bits per heavy atom. The van der Waals surface area contributed by atoms with E-state index in [1.54, 1.807) is 6.20 Å². The van der Waals surface area contributed by atoms with Crippen molar-refractivity contribution in [2.75, 3.05) is 11.9 Å². The number of hydrogen-bond donors (Lipinski definition) is 3. The van der Waals surface area contributed by atoms with Crippen molar-refractivity contribution in [1.29, 1.82) is 0 Å². The van der Waals surface area contributed by atoms with Gasteiger partial charge >= 0.3 is 0 Å². The standard InChI is InChI=1S/C28H25N5O/c1-2-4-19(5-3-1)14-32-23-12-22(16-30-17-23)25-18-33-28-27(25)26(9-11-31-28)34-24-7-6-20-8-10-29-15-21(20)13-24/h1-7,9,11-13,16-18,29,32H,8,10,14-15H2,(H,31,33). The van der Waals surface area contributed by atoms with Gasteiger partial charge in [-0.1, -0.05) is 36.4 Å². The zero-order chi connectivity index (χ0) is 22.7. The number of nitrogens with zero attached hydrogens (tertiary/aromatic N) is 2. The fourth-order valence-corrected chi connectivity index (χ4v) is 4.47. The lowest BCUT2D eigenvalue weighted by Gasteiger charge is -2.18. The monoisotopic (exact) mass is 447 g/mol. The molecule has 34 heavy (non-hydrogen) atoms. The van der Waals surface area contributed by atoms with Gasteiger partial charge in [0.15, 0.2) is 0 Å². The Bertz CT molecular complexity index is 1440. The van der Waals surface area contributed by atoms with E-state index < -0.39 is 0 Å². The number of fused-ring (bicyclic) bond motifs is 2. The summed E-state index contributed by atoms with van der Waals surface area (Å²) in [6.45, 7) is 2.64. The quantitative estimate of drug-likeness (QED) is 0.312. The lowest BCUT2D eigenvalue weighted by Crippen LogP contribution is -2.23. The highest BCUT2D eigenvalue weighted by molar-refractivity contribution is 5.98. The van der Waals surface area contributed by atoms with Crippen LogP contribution in [0.15, 0.2) is 85.5 Å². The van der Waals surface area contributed by atoms with E-state index in [0.717, 1.165) is 65.4 Å². The molecule has 0 fully saturated rings. The highest BCUT2D eigenvalue weighted by Gasteiger charge is 2.15. The molecule has 2 aromatic carbocycles. The van der Waals surface area contributed by atoms with Gasteiger partial charge in [0.2, 0.25) is 0 Å². The summed E-state index contributed by atoms with van der Waals surface area (Å²) in [4.78, 5) is 12.3. The van der Waals surface area contributed by atoms with Gasteiger partial charge in [0.1, 0.15) is 17.1 Å². The molecule has 6 rings (SSSR count). The Labute approximate surface area is 198 Å². The average molecular weight is 448 g/mol. The molecule has 0 spiro atoms. The number of aromatic amines is 1. The van der Waals surface area contributed by atoms with Crippen LogP contribution in [-0.2, 0) is 19.5 Å². The van der Waals surface area contributed by atoms with E-state index in [9.17, 15) is 0 Å². The first-order chi connectivity index (χ1) is 16.8. The number of H-pyrrole nitrogens is 1. The maximum Gasteiger partial charge on any atom is 0.141 e. The average Bonchev–Trinajstić information content (AvgIpc) is 3.34. The summed E-state index contributed by atoms with van der Waals surface area (Å²) in [5.74, 6) is 1.60. The number of anilines is 1. The maximum atomic E-state index is 6.39. The molecule has 3 N–H and O–H groups in total. The molecule has 0 amide bonds. The second-order valence-corrected chi connectivity index (χ2v) is 8.50. The molecule has 0 bridgehead atoms. The third-order valence-electron chi connectivity index (χ3n) is 6.22. The summed E-state index contributed by atoms with van der Waals surface area (Å²) in [6.07, 6.45) is 8.52. The topological polar surface area (TPSA) is 74.9 Å². The van der Waals surface area contributed by atoms with Crippen LogP contribution < -0.4 is 15.4 Å². The SMILES string of the molecule is c1ccc(CNc2cncc(-c3c[nH]c4nccc(Oc5ccc6c(c5)CNCC6)c34)c2)cc1. The number of rotatable bonds is 6. The molecule has 1 aliphatic heterocycles. The first-order valence-electron chi connectivity index (χ1n) is 11.5. The number of nitrogens with one attached hydrogen (secondary N) is 3. The van der Waals surface area contributed by atoms with Crippen LogP contribution in [0.5, 0.6) is 11.5 Å². The Morgan fingerprint density at radius 1 is 0.971 bits per heavy atom. The van der Waals surface area contributed by atoms with Crippen LogP contribution in [0.3, 0.4) is 0 Å². The molecule has 4 heterocycles. The fraction of sp³-hybridized carbons (Fsp3) is 0.143. The van der Waals surface area contributed by atoms with Crippen molar-refractivity contribution in [2.24, 2.45) is 0 Å². The van der Waals surface area contributed by atoms with Crippen LogP contribution in [0.4, 0.5) is 5.69 Å². The van der Waals surface area contributed by atoms with Gasteiger partial charge in [0.05, 0.1) is 11.1 Å². The molecule has 0 radical (unpaired) electrons. The van der Waals surface area contributed by atoms with E-state index in [1.165, 1.54) is 16.7 Å². The number of benzene rings is 2. The molecule has 5 aromatic rings. The number of pyridine rings is 2. The minimum absolute atomic E-state index is 0.739. The predicted octanol–water partition coefficient (Wildman–Crippen LogP) is 5.68. The summed E-state index contributed by atoms with van der Waals surface area (Å²) in [5, 5.41) is 7.84. The Kier molecular flexibility index (Phi) is 5.41. The molecular weight excluding hydrogens is 422 g/mol. The van der Waals surface area contributed by atoms with E-state index >= 15 is 0 Å². The van der Waals surface area contributed by atoms with Crippen LogP contribution in [0.1, 0.15) is 16.7 Å². The highest BCUT2D eigenvalue weighted by atomic mass is 16.5. The van der Waals surface area contributed by atoms with Gasteiger partial charge in [-0.05, 0) is 53.9 Å². The third kappa shape index (κ3) is 4.11. The largest absolute Gasteiger partial charge is 0.457 e. The van der Waals surface area contributed by atoms with Gasteiger partial charge < -0.3 is 20.4 Å². The van der Waals surface area contributed by atoms with Crippen molar-refractivity contribution in [1.82, 2.24) is 20.3 Å². The van der Waals surface area contributed by atoms with Crippen LogP contribution in [0.25, 0.3) is 22.2 Å². The molecule has 0 saturated carbocycles. The highest BCUT2D eigenvalue weighted by Crippen LogP contribution is 2.37. The smallest absolute Gasteiger partial charge is 0.141 e. The minimum Gasteiger partial charge on any atom is -0.457 e. The summed E-state index contributed by atoms with van der Waals surface area (Å²) >= 11 is 0. The molecule has 6 nitrogen and oxygen atoms in total. The van der Waals surface area contributed by atoms with E-state index in [2.05, 4.69) is 62.0 Å². The van der Waals surface area contributed by atoms with Crippen LogP contribution >= 0.6 is 0 Å². The normalized spacial score (nSPS) is 12.9. The van der Waals surface area contributed by atoms with Crippen LogP contribution in [0.2, 0.25) is 0 Å². The molecule has 0 unspecified atom stereocenters. The summed E-state index contributed by atoms with van der Waals surface area (Å²) in [7, 11) is 0. The maximum absolute atomic E-state index is 6.39. The van der Waals surface area contributed by atoms with E-state index in [-0.39, 0.29) is 0 Å². The summed E-state index contributed by atoms with van der Waals surface area (Å²) in [6, 6.07) is 20.7. The van der Waals surface area contributed by atoms with Gasteiger partial charge in [-0.25, -0.2) is 4.98 Å². The minimum atomic E-state index is 0.739. The van der Waals surface area contributed by atoms with Crippen molar-refractivity contribution in [3.05, 3.63) is 102 Å². The second kappa shape index (κ2) is 9.00. The zero-order valence-corrected chi connectivity index (χ0v) is 18.7. The second-order valence-electron chi connectivity index (χ2n) is 8.50. The third-order valence-corrected chi connectivity index (χ3v) is 6.22. The van der Waals surface area contributed by atoms with Gasteiger partial charge in [-0.15, -0.1) is 0 Å². The van der Waals surface area contributed by atoms with Crippen LogP contribution in [-0.4, -0.2) is 21.5 Å². The van der Waals surface area contributed by atoms with Gasteiger partial charge in [-0.2, -0.15) is 0 Å². The van der Waals surface area contributed by atoms with Crippen molar-refractivity contribution < 1.29 is 4.74 Å². The van der Waals surface area contributed by atoms with Crippen molar-refractivity contribution >= 4 is 16.7 Å². The molecule has 1 aliphatic rings.